The molecule has 0 amide bonds. The van der Waals surface area contributed by atoms with Gasteiger partial charge >= 0.3 is 6.18 Å². The summed E-state index contributed by atoms with van der Waals surface area (Å²) < 4.78 is 38.0. The molecule has 1 aromatic rings. The van der Waals surface area contributed by atoms with E-state index in [-0.39, 0.29) is 0 Å². The van der Waals surface area contributed by atoms with Crippen molar-refractivity contribution < 1.29 is 13.2 Å². The van der Waals surface area contributed by atoms with Gasteiger partial charge in [0.1, 0.15) is 0 Å². The van der Waals surface area contributed by atoms with Crippen molar-refractivity contribution in [2.45, 2.75) is 44.8 Å². The second-order valence-electron chi connectivity index (χ2n) is 5.51. The Morgan fingerprint density at radius 2 is 1.89 bits per heavy atom. The van der Waals surface area contributed by atoms with Crippen molar-refractivity contribution in [2.24, 2.45) is 5.92 Å². The molecular formula is C15H20F3N. The first-order valence-corrected chi connectivity index (χ1v) is 6.69. The molecule has 0 heterocycles. The van der Waals surface area contributed by atoms with E-state index in [4.69, 9.17) is 0 Å². The van der Waals surface area contributed by atoms with Gasteiger partial charge in [-0.05, 0) is 61.9 Å². The Morgan fingerprint density at radius 3 is 2.37 bits per heavy atom. The summed E-state index contributed by atoms with van der Waals surface area (Å²) in [7, 11) is 1.95. The minimum Gasteiger partial charge on any atom is -0.317 e. The fraction of sp³-hybridized carbons (Fsp3) is 0.600. The molecule has 1 aliphatic rings. The first-order chi connectivity index (χ1) is 8.84. The third-order valence-electron chi connectivity index (χ3n) is 4.43. The first kappa shape index (κ1) is 14.4. The molecule has 1 fully saturated rings. The van der Waals surface area contributed by atoms with Crippen LogP contribution < -0.4 is 5.32 Å². The van der Waals surface area contributed by atoms with Crippen LogP contribution in [0.4, 0.5) is 13.2 Å². The van der Waals surface area contributed by atoms with Crippen molar-refractivity contribution >= 4 is 0 Å². The van der Waals surface area contributed by atoms with Crippen molar-refractivity contribution in [3.8, 4) is 0 Å². The molecule has 4 heteroatoms. The fourth-order valence-electron chi connectivity index (χ4n) is 3.28. The standard InChI is InChI=1S/C15H20F3N/c1-9-8-11(15(16,17)18)4-5-12(9)13-6-7-14(19-3)10(13)2/h4-5,8,10,13-14,19H,6-7H2,1-3H3. The quantitative estimate of drug-likeness (QED) is 0.853. The lowest BCUT2D eigenvalue weighted by atomic mass is 9.85. The molecule has 2 rings (SSSR count). The molecule has 1 nitrogen and oxygen atoms in total. The van der Waals surface area contributed by atoms with E-state index >= 15 is 0 Å². The lowest BCUT2D eigenvalue weighted by molar-refractivity contribution is -0.137. The van der Waals surface area contributed by atoms with Gasteiger partial charge in [0.15, 0.2) is 0 Å². The van der Waals surface area contributed by atoms with Crippen molar-refractivity contribution in [1.29, 1.82) is 0 Å². The van der Waals surface area contributed by atoms with Crippen LogP contribution in [-0.4, -0.2) is 13.1 Å². The maximum atomic E-state index is 12.7. The topological polar surface area (TPSA) is 12.0 Å². The van der Waals surface area contributed by atoms with Gasteiger partial charge in [0.05, 0.1) is 5.56 Å². The molecule has 0 spiro atoms. The van der Waals surface area contributed by atoms with Gasteiger partial charge in [-0.3, -0.25) is 0 Å². The van der Waals surface area contributed by atoms with E-state index in [9.17, 15) is 13.2 Å². The second kappa shape index (κ2) is 5.16. The number of hydrogen-bond acceptors (Lipinski definition) is 1. The van der Waals surface area contributed by atoms with E-state index in [1.54, 1.807) is 13.0 Å². The van der Waals surface area contributed by atoms with Gasteiger partial charge < -0.3 is 5.32 Å². The zero-order valence-corrected chi connectivity index (χ0v) is 11.5. The molecule has 0 radical (unpaired) electrons. The van der Waals surface area contributed by atoms with Gasteiger partial charge in [-0.25, -0.2) is 0 Å². The molecule has 3 atom stereocenters. The van der Waals surface area contributed by atoms with Gasteiger partial charge in [-0.1, -0.05) is 13.0 Å². The van der Waals surface area contributed by atoms with Gasteiger partial charge in [-0.2, -0.15) is 13.2 Å². The molecule has 0 aliphatic heterocycles. The summed E-state index contributed by atoms with van der Waals surface area (Å²) in [6, 6.07) is 4.61. The highest BCUT2D eigenvalue weighted by molar-refractivity contribution is 5.36. The van der Waals surface area contributed by atoms with Gasteiger partial charge in [-0.15, -0.1) is 0 Å². The summed E-state index contributed by atoms with van der Waals surface area (Å²) in [5.74, 6) is 0.820. The molecule has 1 aliphatic carbocycles. The number of aryl methyl sites for hydroxylation is 1. The largest absolute Gasteiger partial charge is 0.416 e. The maximum Gasteiger partial charge on any atom is 0.416 e. The van der Waals surface area contributed by atoms with E-state index in [2.05, 4.69) is 12.2 Å². The van der Waals surface area contributed by atoms with Crippen LogP contribution in [-0.2, 0) is 6.18 Å². The number of rotatable bonds is 2. The van der Waals surface area contributed by atoms with Crippen molar-refractivity contribution in [1.82, 2.24) is 5.32 Å². The van der Waals surface area contributed by atoms with E-state index < -0.39 is 11.7 Å². The first-order valence-electron chi connectivity index (χ1n) is 6.69. The minimum absolute atomic E-state index is 0.361. The normalized spacial score (nSPS) is 27.8. The molecule has 1 saturated carbocycles. The summed E-state index contributed by atoms with van der Waals surface area (Å²) in [5, 5.41) is 3.29. The minimum atomic E-state index is -4.25. The molecule has 19 heavy (non-hydrogen) atoms. The van der Waals surface area contributed by atoms with Gasteiger partial charge in [0, 0.05) is 6.04 Å². The highest BCUT2D eigenvalue weighted by Gasteiger charge is 2.35. The summed E-state index contributed by atoms with van der Waals surface area (Å²) in [4.78, 5) is 0. The zero-order valence-electron chi connectivity index (χ0n) is 11.5. The maximum absolute atomic E-state index is 12.7. The van der Waals surface area contributed by atoms with Crippen LogP contribution >= 0.6 is 0 Å². The average molecular weight is 271 g/mol. The van der Waals surface area contributed by atoms with Crippen LogP contribution in [0.15, 0.2) is 18.2 Å². The Kier molecular flexibility index (Phi) is 3.90. The van der Waals surface area contributed by atoms with Crippen molar-refractivity contribution in [3.63, 3.8) is 0 Å². The molecule has 0 aromatic heterocycles. The third kappa shape index (κ3) is 2.78. The monoisotopic (exact) mass is 271 g/mol. The number of benzene rings is 1. The number of alkyl halides is 3. The van der Waals surface area contributed by atoms with Crippen LogP contribution in [0.25, 0.3) is 0 Å². The van der Waals surface area contributed by atoms with Crippen LogP contribution in [0.5, 0.6) is 0 Å². The smallest absolute Gasteiger partial charge is 0.317 e. The molecule has 0 bridgehead atoms. The molecule has 106 valence electrons. The van der Waals surface area contributed by atoms with E-state index in [0.29, 0.717) is 17.9 Å². The molecular weight excluding hydrogens is 251 g/mol. The fourth-order valence-corrected chi connectivity index (χ4v) is 3.28. The summed E-state index contributed by atoms with van der Waals surface area (Å²) in [6.07, 6.45) is -2.13. The number of hydrogen-bond donors (Lipinski definition) is 1. The average Bonchev–Trinajstić information content (AvgIpc) is 2.69. The van der Waals surface area contributed by atoms with Crippen LogP contribution in [0.1, 0.15) is 42.4 Å². The summed E-state index contributed by atoms with van der Waals surface area (Å²) in [6.45, 7) is 3.96. The van der Waals surface area contributed by atoms with Gasteiger partial charge in [0.2, 0.25) is 0 Å². The van der Waals surface area contributed by atoms with E-state index in [1.807, 2.05) is 7.05 Å². The highest BCUT2D eigenvalue weighted by atomic mass is 19.4. The van der Waals surface area contributed by atoms with Crippen molar-refractivity contribution in [3.05, 3.63) is 34.9 Å². The second-order valence-corrected chi connectivity index (χ2v) is 5.51. The molecule has 1 aromatic carbocycles. The van der Waals surface area contributed by atoms with E-state index in [1.165, 1.54) is 12.1 Å². The van der Waals surface area contributed by atoms with Crippen LogP contribution in [0, 0.1) is 12.8 Å². The summed E-state index contributed by atoms with van der Waals surface area (Å²) in [5.41, 5.74) is 1.27. The van der Waals surface area contributed by atoms with Gasteiger partial charge in [0.25, 0.3) is 0 Å². The Hall–Kier alpha value is -1.03. The Balaban J connectivity index is 2.27. The molecule has 3 unspecified atom stereocenters. The SMILES string of the molecule is CNC1CCC(c2ccc(C(F)(F)F)cc2C)C1C. The predicted octanol–water partition coefficient (Wildman–Crippen LogP) is 4.12. The van der Waals surface area contributed by atoms with Crippen LogP contribution in [0.2, 0.25) is 0 Å². The van der Waals surface area contributed by atoms with E-state index in [0.717, 1.165) is 24.0 Å². The lowest BCUT2D eigenvalue weighted by Gasteiger charge is -2.22. The predicted molar refractivity (Wildman–Crippen MR) is 70.2 cm³/mol. The number of nitrogens with one attached hydrogen (secondary N) is 1. The number of halogens is 3. The molecule has 1 N–H and O–H groups in total. The lowest BCUT2D eigenvalue weighted by Crippen LogP contribution is -2.28. The van der Waals surface area contributed by atoms with Crippen LogP contribution in [0.3, 0.4) is 0 Å². The Labute approximate surface area is 112 Å². The zero-order chi connectivity index (χ0) is 14.2. The third-order valence-corrected chi connectivity index (χ3v) is 4.43. The van der Waals surface area contributed by atoms with Crippen molar-refractivity contribution in [2.75, 3.05) is 7.05 Å². The Morgan fingerprint density at radius 1 is 1.21 bits per heavy atom. The Bertz CT molecular complexity index is 453. The highest BCUT2D eigenvalue weighted by Crippen LogP contribution is 2.41. The molecule has 0 saturated heterocycles. The summed E-state index contributed by atoms with van der Waals surface area (Å²) >= 11 is 0.